The van der Waals surface area contributed by atoms with Gasteiger partial charge in [0.05, 0.1) is 19.3 Å². The van der Waals surface area contributed by atoms with E-state index in [9.17, 15) is 4.79 Å². The maximum absolute atomic E-state index is 10.4. The number of carboxylic acids is 1. The lowest BCUT2D eigenvalue weighted by Crippen LogP contribution is -2.33. The van der Waals surface area contributed by atoms with Crippen molar-refractivity contribution in [1.82, 2.24) is 5.32 Å². The van der Waals surface area contributed by atoms with Crippen molar-refractivity contribution in [2.75, 3.05) is 26.3 Å². The smallest absolute Gasteiger partial charge is 0.332 e. The summed E-state index contributed by atoms with van der Waals surface area (Å²) in [6.45, 7) is 4.33. The summed E-state index contributed by atoms with van der Waals surface area (Å²) in [5, 5.41) is 11.8. The minimum Gasteiger partial charge on any atom is -0.479 e. The van der Waals surface area contributed by atoms with E-state index in [0.29, 0.717) is 19.3 Å². The van der Waals surface area contributed by atoms with Crippen molar-refractivity contribution < 1.29 is 19.4 Å². The molecule has 0 aromatic carbocycles. The molecule has 1 unspecified atom stereocenters. The van der Waals surface area contributed by atoms with Gasteiger partial charge in [-0.1, -0.05) is 0 Å². The Labute approximate surface area is 89.8 Å². The van der Waals surface area contributed by atoms with Crippen LogP contribution in [0.5, 0.6) is 0 Å². The molecular weight excluding hydrogens is 198 g/mol. The summed E-state index contributed by atoms with van der Waals surface area (Å²) in [5.41, 5.74) is 0. The van der Waals surface area contributed by atoms with E-state index in [0.717, 1.165) is 25.9 Å². The molecule has 0 aromatic rings. The summed E-state index contributed by atoms with van der Waals surface area (Å²) >= 11 is 0. The molecule has 1 atom stereocenters. The summed E-state index contributed by atoms with van der Waals surface area (Å²) < 4.78 is 10.6. The summed E-state index contributed by atoms with van der Waals surface area (Å²) in [7, 11) is 0. The minimum absolute atomic E-state index is 0.301. The molecule has 1 saturated heterocycles. The fraction of sp³-hybridized carbons (Fsp3) is 0.900. The van der Waals surface area contributed by atoms with Gasteiger partial charge in [-0.15, -0.1) is 0 Å². The van der Waals surface area contributed by atoms with Gasteiger partial charge in [-0.3, -0.25) is 0 Å². The van der Waals surface area contributed by atoms with E-state index >= 15 is 0 Å². The SMILES string of the molecule is CC(OCCOC1CCNCC1)C(=O)O. The fourth-order valence-corrected chi connectivity index (χ4v) is 1.47. The normalized spacial score (nSPS) is 20.1. The van der Waals surface area contributed by atoms with Crippen molar-refractivity contribution in [3.63, 3.8) is 0 Å². The van der Waals surface area contributed by atoms with E-state index in [1.165, 1.54) is 6.92 Å². The summed E-state index contributed by atoms with van der Waals surface area (Å²) in [5.74, 6) is -0.933. The van der Waals surface area contributed by atoms with E-state index in [1.807, 2.05) is 0 Å². The van der Waals surface area contributed by atoms with E-state index < -0.39 is 12.1 Å². The van der Waals surface area contributed by atoms with Gasteiger partial charge in [-0.25, -0.2) is 4.79 Å². The predicted octanol–water partition coefficient (Wildman–Crippen LogP) is 0.245. The number of ether oxygens (including phenoxy) is 2. The van der Waals surface area contributed by atoms with E-state index in [2.05, 4.69) is 5.32 Å². The third kappa shape index (κ3) is 5.11. The lowest BCUT2D eigenvalue weighted by Gasteiger charge is -2.23. The first-order chi connectivity index (χ1) is 7.20. The molecule has 1 aliphatic heterocycles. The van der Waals surface area contributed by atoms with Crippen LogP contribution < -0.4 is 5.32 Å². The largest absolute Gasteiger partial charge is 0.479 e. The van der Waals surface area contributed by atoms with Crippen molar-refractivity contribution in [3.05, 3.63) is 0 Å². The van der Waals surface area contributed by atoms with Gasteiger partial charge < -0.3 is 19.9 Å². The van der Waals surface area contributed by atoms with Crippen LogP contribution in [0.4, 0.5) is 0 Å². The average Bonchev–Trinajstić information content (AvgIpc) is 2.25. The second-order valence-electron chi connectivity index (χ2n) is 3.67. The van der Waals surface area contributed by atoms with Gasteiger partial charge in [0.15, 0.2) is 6.10 Å². The van der Waals surface area contributed by atoms with Crippen molar-refractivity contribution in [3.8, 4) is 0 Å². The molecule has 5 nitrogen and oxygen atoms in total. The van der Waals surface area contributed by atoms with Crippen LogP contribution in [0.25, 0.3) is 0 Å². The number of carbonyl (C=O) groups is 1. The van der Waals surface area contributed by atoms with Gasteiger partial charge in [-0.2, -0.15) is 0 Å². The number of piperidine rings is 1. The predicted molar refractivity (Wildman–Crippen MR) is 54.9 cm³/mol. The molecule has 1 fully saturated rings. The molecule has 0 aromatic heterocycles. The van der Waals surface area contributed by atoms with Crippen molar-refractivity contribution >= 4 is 5.97 Å². The molecule has 5 heteroatoms. The summed E-state index contributed by atoms with van der Waals surface area (Å²) in [4.78, 5) is 10.4. The average molecular weight is 217 g/mol. The minimum atomic E-state index is -0.933. The molecular formula is C10H19NO4. The molecule has 1 aliphatic rings. The lowest BCUT2D eigenvalue weighted by molar-refractivity contribution is -0.150. The van der Waals surface area contributed by atoms with Crippen LogP contribution in [0, 0.1) is 0 Å². The number of hydrogen-bond donors (Lipinski definition) is 2. The summed E-state index contributed by atoms with van der Waals surface area (Å²) in [6, 6.07) is 0. The van der Waals surface area contributed by atoms with Crippen molar-refractivity contribution in [1.29, 1.82) is 0 Å². The molecule has 1 rings (SSSR count). The Hall–Kier alpha value is -0.650. The monoisotopic (exact) mass is 217 g/mol. The zero-order valence-electron chi connectivity index (χ0n) is 9.07. The van der Waals surface area contributed by atoms with Crippen LogP contribution in [0.3, 0.4) is 0 Å². The van der Waals surface area contributed by atoms with E-state index in [-0.39, 0.29) is 0 Å². The van der Waals surface area contributed by atoms with Crippen molar-refractivity contribution in [2.45, 2.75) is 32.0 Å². The Morgan fingerprint density at radius 1 is 1.47 bits per heavy atom. The highest BCUT2D eigenvalue weighted by Crippen LogP contribution is 2.06. The number of aliphatic carboxylic acids is 1. The topological polar surface area (TPSA) is 67.8 Å². The maximum atomic E-state index is 10.4. The quantitative estimate of drug-likeness (QED) is 0.624. The molecule has 0 bridgehead atoms. The second-order valence-corrected chi connectivity index (χ2v) is 3.67. The van der Waals surface area contributed by atoms with Gasteiger partial charge in [0, 0.05) is 0 Å². The van der Waals surface area contributed by atoms with Crippen molar-refractivity contribution in [2.24, 2.45) is 0 Å². The molecule has 1 heterocycles. The number of hydrogen-bond acceptors (Lipinski definition) is 4. The zero-order valence-corrected chi connectivity index (χ0v) is 9.07. The molecule has 88 valence electrons. The first kappa shape index (κ1) is 12.4. The van der Waals surface area contributed by atoms with E-state index in [1.54, 1.807) is 0 Å². The third-order valence-electron chi connectivity index (χ3n) is 2.44. The zero-order chi connectivity index (χ0) is 11.1. The van der Waals surface area contributed by atoms with Crippen LogP contribution in [0.2, 0.25) is 0 Å². The van der Waals surface area contributed by atoms with Crippen LogP contribution >= 0.6 is 0 Å². The fourth-order valence-electron chi connectivity index (χ4n) is 1.47. The Balaban J connectivity index is 1.98. The van der Waals surface area contributed by atoms with Gasteiger partial charge in [-0.05, 0) is 32.9 Å². The first-order valence-corrected chi connectivity index (χ1v) is 5.37. The Morgan fingerprint density at radius 3 is 2.73 bits per heavy atom. The highest BCUT2D eigenvalue weighted by molar-refractivity contribution is 5.71. The van der Waals surface area contributed by atoms with Crippen LogP contribution in [-0.2, 0) is 14.3 Å². The van der Waals surface area contributed by atoms with E-state index in [4.69, 9.17) is 14.6 Å². The number of rotatable bonds is 6. The Kier molecular flexibility index (Phi) is 5.60. The molecule has 0 spiro atoms. The van der Waals surface area contributed by atoms with Gasteiger partial charge in [0.1, 0.15) is 0 Å². The molecule has 0 radical (unpaired) electrons. The van der Waals surface area contributed by atoms with Crippen LogP contribution in [0.1, 0.15) is 19.8 Å². The maximum Gasteiger partial charge on any atom is 0.332 e. The van der Waals surface area contributed by atoms with Gasteiger partial charge in [0.2, 0.25) is 0 Å². The number of nitrogens with one attached hydrogen (secondary N) is 1. The molecule has 0 amide bonds. The van der Waals surface area contributed by atoms with Crippen LogP contribution in [-0.4, -0.2) is 49.6 Å². The molecule has 15 heavy (non-hydrogen) atoms. The van der Waals surface area contributed by atoms with Gasteiger partial charge in [0.25, 0.3) is 0 Å². The Bertz CT molecular complexity index is 192. The highest BCUT2D eigenvalue weighted by atomic mass is 16.5. The molecule has 0 aliphatic carbocycles. The second kappa shape index (κ2) is 6.76. The molecule has 2 N–H and O–H groups in total. The molecule has 0 saturated carbocycles. The first-order valence-electron chi connectivity index (χ1n) is 5.37. The number of carboxylic acid groups (broad SMARTS) is 1. The van der Waals surface area contributed by atoms with Gasteiger partial charge >= 0.3 is 5.97 Å². The lowest BCUT2D eigenvalue weighted by atomic mass is 10.1. The van der Waals surface area contributed by atoms with Crippen LogP contribution in [0.15, 0.2) is 0 Å². The highest BCUT2D eigenvalue weighted by Gasteiger charge is 2.14. The summed E-state index contributed by atoms with van der Waals surface area (Å²) in [6.07, 6.45) is 1.60. The Morgan fingerprint density at radius 2 is 2.13 bits per heavy atom. The standard InChI is InChI=1S/C10H19NO4/c1-8(10(12)13)14-6-7-15-9-2-4-11-5-3-9/h8-9,11H,2-7H2,1H3,(H,12,13). The third-order valence-corrected chi connectivity index (χ3v) is 2.44.